The fourth-order valence-electron chi connectivity index (χ4n) is 2.28. The largest absolute Gasteiger partial charge is 0.355 e. The Labute approximate surface area is 177 Å². The Morgan fingerprint density at radius 3 is 2.29 bits per heavy atom. The molecule has 28 heavy (non-hydrogen) atoms. The van der Waals surface area contributed by atoms with E-state index >= 15 is 0 Å². The normalized spacial score (nSPS) is 10.2. The molecule has 0 spiro atoms. The van der Waals surface area contributed by atoms with Crippen LogP contribution in [0, 0.1) is 6.92 Å². The number of hydrogen-bond acceptors (Lipinski definition) is 4. The van der Waals surface area contributed by atoms with Gasteiger partial charge >= 0.3 is 0 Å². The summed E-state index contributed by atoms with van der Waals surface area (Å²) in [6.45, 7) is 2.20. The molecule has 3 amide bonds. The number of hydrogen-bond donors (Lipinski definition) is 3. The minimum absolute atomic E-state index is 0.155. The first kappa shape index (κ1) is 22.0. The van der Waals surface area contributed by atoms with Crippen molar-refractivity contribution in [2.24, 2.45) is 0 Å². The highest BCUT2D eigenvalue weighted by Gasteiger charge is 2.08. The molecule has 0 aliphatic heterocycles. The van der Waals surface area contributed by atoms with Crippen molar-refractivity contribution in [3.8, 4) is 0 Å². The zero-order valence-electron chi connectivity index (χ0n) is 15.5. The molecule has 8 heteroatoms. The summed E-state index contributed by atoms with van der Waals surface area (Å²) in [4.78, 5) is 35.5. The SMILES string of the molecule is Cc1cccc(NC(=O)CSCC(=O)NCCC(=O)Nc2ccc(Br)cc2)c1. The molecule has 148 valence electrons. The Bertz CT molecular complexity index is 828. The first-order chi connectivity index (χ1) is 13.4. The van der Waals surface area contributed by atoms with E-state index in [0.717, 1.165) is 15.7 Å². The quantitative estimate of drug-likeness (QED) is 0.530. The van der Waals surface area contributed by atoms with Gasteiger partial charge in [-0.15, -0.1) is 11.8 Å². The smallest absolute Gasteiger partial charge is 0.234 e. The first-order valence-corrected chi connectivity index (χ1v) is 10.6. The minimum atomic E-state index is -0.204. The van der Waals surface area contributed by atoms with E-state index in [4.69, 9.17) is 0 Å². The summed E-state index contributed by atoms with van der Waals surface area (Å²) < 4.78 is 0.933. The lowest BCUT2D eigenvalue weighted by atomic mass is 10.2. The van der Waals surface area contributed by atoms with E-state index in [1.807, 2.05) is 43.3 Å². The lowest BCUT2D eigenvalue weighted by molar-refractivity contribution is -0.119. The van der Waals surface area contributed by atoms with Gasteiger partial charge in [-0.3, -0.25) is 14.4 Å². The van der Waals surface area contributed by atoms with Gasteiger partial charge < -0.3 is 16.0 Å². The molecular formula is C20H22BrN3O3S. The molecule has 0 aliphatic carbocycles. The highest BCUT2D eigenvalue weighted by atomic mass is 79.9. The molecule has 6 nitrogen and oxygen atoms in total. The second-order valence-electron chi connectivity index (χ2n) is 6.07. The Morgan fingerprint density at radius 2 is 1.57 bits per heavy atom. The van der Waals surface area contributed by atoms with E-state index in [2.05, 4.69) is 31.9 Å². The predicted molar refractivity (Wildman–Crippen MR) is 118 cm³/mol. The second kappa shape index (κ2) is 11.5. The van der Waals surface area contributed by atoms with E-state index in [1.165, 1.54) is 11.8 Å². The maximum absolute atomic E-state index is 11.9. The number of carbonyl (C=O) groups excluding carboxylic acids is 3. The third-order valence-electron chi connectivity index (χ3n) is 3.57. The summed E-state index contributed by atoms with van der Waals surface area (Å²) in [6.07, 6.45) is 0.181. The Kier molecular flexibility index (Phi) is 9.03. The summed E-state index contributed by atoms with van der Waals surface area (Å²) in [7, 11) is 0. The van der Waals surface area contributed by atoms with E-state index in [-0.39, 0.29) is 42.2 Å². The molecule has 2 aromatic rings. The fraction of sp³-hybridized carbons (Fsp3) is 0.250. The zero-order valence-corrected chi connectivity index (χ0v) is 17.9. The van der Waals surface area contributed by atoms with Crippen LogP contribution in [0.5, 0.6) is 0 Å². The van der Waals surface area contributed by atoms with Gasteiger partial charge in [0.1, 0.15) is 0 Å². The van der Waals surface area contributed by atoms with E-state index in [9.17, 15) is 14.4 Å². The van der Waals surface area contributed by atoms with Crippen LogP contribution in [0.1, 0.15) is 12.0 Å². The van der Waals surface area contributed by atoms with Gasteiger partial charge in [0.25, 0.3) is 0 Å². The number of rotatable bonds is 9. The maximum atomic E-state index is 11.9. The third kappa shape index (κ3) is 8.58. The van der Waals surface area contributed by atoms with Gasteiger partial charge in [-0.25, -0.2) is 0 Å². The molecule has 0 aromatic heterocycles. The number of aryl methyl sites for hydroxylation is 1. The highest BCUT2D eigenvalue weighted by Crippen LogP contribution is 2.14. The fourth-order valence-corrected chi connectivity index (χ4v) is 3.19. The summed E-state index contributed by atoms with van der Waals surface area (Å²) in [5.74, 6) is -0.184. The number of anilines is 2. The van der Waals surface area contributed by atoms with Gasteiger partial charge in [0.2, 0.25) is 17.7 Å². The molecule has 0 radical (unpaired) electrons. The van der Waals surface area contributed by atoms with Crippen molar-refractivity contribution in [1.29, 1.82) is 0 Å². The number of thioether (sulfide) groups is 1. The molecule has 2 aromatic carbocycles. The monoisotopic (exact) mass is 463 g/mol. The standard InChI is InChI=1S/C20H22BrN3O3S/c1-14-3-2-4-17(11-14)24-20(27)13-28-12-19(26)22-10-9-18(25)23-16-7-5-15(21)6-8-16/h2-8,11H,9-10,12-13H2,1H3,(H,22,26)(H,23,25)(H,24,27). The Hall–Kier alpha value is -2.32. The molecule has 0 unspecified atom stereocenters. The van der Waals surface area contributed by atoms with Gasteiger partial charge in [-0.2, -0.15) is 0 Å². The van der Waals surface area contributed by atoms with Crippen LogP contribution in [0.25, 0.3) is 0 Å². The van der Waals surface area contributed by atoms with Gasteiger partial charge in [0.05, 0.1) is 11.5 Å². The molecule has 2 rings (SSSR count). The van der Waals surface area contributed by atoms with E-state index in [0.29, 0.717) is 5.69 Å². The molecule has 3 N–H and O–H groups in total. The van der Waals surface area contributed by atoms with E-state index in [1.54, 1.807) is 12.1 Å². The number of benzene rings is 2. The third-order valence-corrected chi connectivity index (χ3v) is 5.03. The molecule has 0 fully saturated rings. The van der Waals surface area contributed by atoms with Crippen LogP contribution in [0.2, 0.25) is 0 Å². The lowest BCUT2D eigenvalue weighted by Crippen LogP contribution is -2.29. The molecule has 0 atom stereocenters. The number of nitrogens with one attached hydrogen (secondary N) is 3. The molecule has 0 heterocycles. The van der Waals surface area contributed by atoms with Gasteiger partial charge in [-0.05, 0) is 48.9 Å². The number of amides is 3. The summed E-state index contributed by atoms with van der Waals surface area (Å²) in [5.41, 5.74) is 2.51. The van der Waals surface area contributed by atoms with Crippen LogP contribution in [0.3, 0.4) is 0 Å². The Balaban J connectivity index is 1.57. The number of halogens is 1. The van der Waals surface area contributed by atoms with Gasteiger partial charge in [0.15, 0.2) is 0 Å². The lowest BCUT2D eigenvalue weighted by Gasteiger charge is -2.08. The van der Waals surface area contributed by atoms with Crippen molar-refractivity contribution in [1.82, 2.24) is 5.32 Å². The van der Waals surface area contributed by atoms with Crippen LogP contribution in [0.15, 0.2) is 53.0 Å². The molecule has 0 saturated carbocycles. The van der Waals surface area contributed by atoms with Crippen LogP contribution >= 0.6 is 27.7 Å². The number of carbonyl (C=O) groups is 3. The highest BCUT2D eigenvalue weighted by molar-refractivity contribution is 9.10. The van der Waals surface area contributed by atoms with Crippen LogP contribution in [-0.2, 0) is 14.4 Å². The van der Waals surface area contributed by atoms with Gasteiger partial charge in [-0.1, -0.05) is 28.1 Å². The van der Waals surface area contributed by atoms with Crippen LogP contribution in [-0.4, -0.2) is 35.8 Å². The predicted octanol–water partition coefficient (Wildman–Crippen LogP) is 3.57. The van der Waals surface area contributed by atoms with E-state index < -0.39 is 0 Å². The maximum Gasteiger partial charge on any atom is 0.234 e. The van der Waals surface area contributed by atoms with Crippen molar-refractivity contribution < 1.29 is 14.4 Å². The average molecular weight is 464 g/mol. The molecule has 0 bridgehead atoms. The second-order valence-corrected chi connectivity index (χ2v) is 7.97. The van der Waals surface area contributed by atoms with Crippen molar-refractivity contribution in [3.63, 3.8) is 0 Å². The Morgan fingerprint density at radius 1 is 0.893 bits per heavy atom. The van der Waals surface area contributed by atoms with Crippen molar-refractivity contribution in [3.05, 3.63) is 58.6 Å². The zero-order chi connectivity index (χ0) is 20.4. The molecule has 0 aliphatic rings. The van der Waals surface area contributed by atoms with Crippen LogP contribution in [0.4, 0.5) is 11.4 Å². The molecule has 0 saturated heterocycles. The van der Waals surface area contributed by atoms with Crippen LogP contribution < -0.4 is 16.0 Å². The summed E-state index contributed by atoms with van der Waals surface area (Å²) in [5, 5.41) is 8.23. The topological polar surface area (TPSA) is 87.3 Å². The van der Waals surface area contributed by atoms with Crippen molar-refractivity contribution in [2.75, 3.05) is 28.7 Å². The summed E-state index contributed by atoms with van der Waals surface area (Å²) in [6, 6.07) is 14.8. The molecular weight excluding hydrogens is 442 g/mol. The average Bonchev–Trinajstić information content (AvgIpc) is 2.63. The van der Waals surface area contributed by atoms with Gasteiger partial charge in [0, 0.05) is 28.8 Å². The first-order valence-electron chi connectivity index (χ1n) is 8.69. The van der Waals surface area contributed by atoms with Crippen molar-refractivity contribution >= 4 is 56.8 Å². The van der Waals surface area contributed by atoms with Crippen molar-refractivity contribution in [2.45, 2.75) is 13.3 Å². The minimum Gasteiger partial charge on any atom is -0.355 e. The summed E-state index contributed by atoms with van der Waals surface area (Å²) >= 11 is 4.56.